The quantitative estimate of drug-likeness (QED) is 0.724. The summed E-state index contributed by atoms with van der Waals surface area (Å²) >= 11 is 0. The minimum absolute atomic E-state index is 0.0276. The maximum atomic E-state index is 12.8. The molecule has 2 heterocycles. The van der Waals surface area contributed by atoms with Crippen LogP contribution < -0.4 is 4.74 Å². The predicted molar refractivity (Wildman–Crippen MR) is 113 cm³/mol. The Morgan fingerprint density at radius 3 is 2.90 bits per heavy atom. The third-order valence-corrected chi connectivity index (χ3v) is 5.72. The van der Waals surface area contributed by atoms with Crippen LogP contribution in [-0.4, -0.2) is 60.6 Å². The van der Waals surface area contributed by atoms with Gasteiger partial charge < -0.3 is 19.1 Å². The van der Waals surface area contributed by atoms with Crippen LogP contribution in [0.1, 0.15) is 34.5 Å². The molecule has 0 N–H and O–H groups in total. The van der Waals surface area contributed by atoms with E-state index in [9.17, 15) is 4.79 Å². The highest BCUT2D eigenvalue weighted by Crippen LogP contribution is 2.21. The second-order valence-electron chi connectivity index (χ2n) is 7.89. The van der Waals surface area contributed by atoms with Crippen molar-refractivity contribution in [1.82, 2.24) is 14.4 Å². The van der Waals surface area contributed by atoms with Crippen LogP contribution in [0, 0.1) is 17.2 Å². The van der Waals surface area contributed by atoms with Crippen molar-refractivity contribution in [2.24, 2.45) is 13.0 Å². The number of piperidine rings is 1. The van der Waals surface area contributed by atoms with E-state index in [4.69, 9.17) is 10.00 Å². The molecule has 1 amide bonds. The molecular weight excluding hydrogens is 364 g/mol. The molecule has 1 aromatic carbocycles. The Kier molecular flexibility index (Phi) is 6.95. The fraction of sp³-hybridized carbons (Fsp3) is 0.478. The molecule has 2 aromatic rings. The molecule has 1 saturated heterocycles. The van der Waals surface area contributed by atoms with Gasteiger partial charge in [0.2, 0.25) is 0 Å². The Bertz CT molecular complexity index is 883. The highest BCUT2D eigenvalue weighted by Gasteiger charge is 2.24. The first-order valence-electron chi connectivity index (χ1n) is 10.2. The second-order valence-corrected chi connectivity index (χ2v) is 7.89. The van der Waals surface area contributed by atoms with Crippen LogP contribution in [0.15, 0.2) is 36.5 Å². The third kappa shape index (κ3) is 5.18. The molecular formula is C23H30N4O2. The lowest BCUT2D eigenvalue weighted by molar-refractivity contribution is 0.0721. The molecule has 6 heteroatoms. The predicted octanol–water partition coefficient (Wildman–Crippen LogP) is 2.93. The zero-order valence-electron chi connectivity index (χ0n) is 17.6. The van der Waals surface area contributed by atoms with Gasteiger partial charge in [-0.05, 0) is 49.4 Å². The van der Waals surface area contributed by atoms with E-state index in [1.807, 2.05) is 26.2 Å². The highest BCUT2D eigenvalue weighted by molar-refractivity contribution is 5.93. The van der Waals surface area contributed by atoms with Gasteiger partial charge in [-0.3, -0.25) is 4.79 Å². The van der Waals surface area contributed by atoms with Gasteiger partial charge in [0.1, 0.15) is 17.5 Å². The van der Waals surface area contributed by atoms with E-state index in [2.05, 4.69) is 23.1 Å². The summed E-state index contributed by atoms with van der Waals surface area (Å²) in [4.78, 5) is 17.1. The Hall–Kier alpha value is -2.78. The summed E-state index contributed by atoms with van der Waals surface area (Å²) in [7, 11) is 5.38. The fourth-order valence-electron chi connectivity index (χ4n) is 4.20. The van der Waals surface area contributed by atoms with E-state index < -0.39 is 0 Å². The van der Waals surface area contributed by atoms with Crippen molar-refractivity contribution in [3.8, 4) is 11.8 Å². The summed E-state index contributed by atoms with van der Waals surface area (Å²) < 4.78 is 7.20. The van der Waals surface area contributed by atoms with Gasteiger partial charge >= 0.3 is 0 Å². The van der Waals surface area contributed by atoms with Gasteiger partial charge in [-0.1, -0.05) is 18.2 Å². The average molecular weight is 395 g/mol. The molecule has 1 aromatic heterocycles. The molecule has 6 nitrogen and oxygen atoms in total. The number of likely N-dealkylation sites (tertiary alicyclic amines) is 1. The number of ether oxygens (including phenoxy) is 1. The Balaban J connectivity index is 1.54. The van der Waals surface area contributed by atoms with Crippen molar-refractivity contribution in [3.05, 3.63) is 53.3 Å². The minimum atomic E-state index is -0.0276. The zero-order chi connectivity index (χ0) is 20.8. The van der Waals surface area contributed by atoms with Gasteiger partial charge in [0.15, 0.2) is 0 Å². The number of nitriles is 1. The molecule has 3 rings (SSSR count). The minimum Gasteiger partial charge on any atom is -0.496 e. The number of hydrogen-bond acceptors (Lipinski definition) is 4. The Morgan fingerprint density at radius 1 is 1.38 bits per heavy atom. The van der Waals surface area contributed by atoms with Crippen molar-refractivity contribution < 1.29 is 9.53 Å². The van der Waals surface area contributed by atoms with E-state index in [0.717, 1.165) is 51.2 Å². The molecule has 1 fully saturated rings. The van der Waals surface area contributed by atoms with Crippen molar-refractivity contribution in [2.75, 3.05) is 40.3 Å². The number of aromatic nitrogens is 1. The van der Waals surface area contributed by atoms with Gasteiger partial charge in [0, 0.05) is 39.9 Å². The topological polar surface area (TPSA) is 61.5 Å². The van der Waals surface area contributed by atoms with Crippen LogP contribution in [0.5, 0.6) is 5.75 Å². The number of benzene rings is 1. The normalized spacial score (nSPS) is 17.0. The standard InChI is InChI=1S/C23H30N4O2/c1-25-16-19(14-24)13-21(25)23(28)26(2)15-18-7-6-11-27(17-18)12-10-20-8-4-5-9-22(20)29-3/h4-5,8-9,13,16,18H,6-7,10-12,15,17H2,1-3H3/t18-/m1/s1. The lowest BCUT2D eigenvalue weighted by Gasteiger charge is -2.34. The zero-order valence-corrected chi connectivity index (χ0v) is 17.6. The number of aryl methyl sites for hydroxylation is 1. The summed E-state index contributed by atoms with van der Waals surface area (Å²) in [6.07, 6.45) is 4.95. The van der Waals surface area contributed by atoms with Gasteiger partial charge in [-0.25, -0.2) is 0 Å². The molecule has 0 aliphatic carbocycles. The third-order valence-electron chi connectivity index (χ3n) is 5.72. The molecule has 0 radical (unpaired) electrons. The molecule has 154 valence electrons. The highest BCUT2D eigenvalue weighted by atomic mass is 16.5. The van der Waals surface area contributed by atoms with E-state index in [1.54, 1.807) is 28.8 Å². The number of carbonyl (C=O) groups excluding carboxylic acids is 1. The summed E-state index contributed by atoms with van der Waals surface area (Å²) in [6.45, 7) is 3.84. The molecule has 0 saturated carbocycles. The van der Waals surface area contributed by atoms with E-state index in [0.29, 0.717) is 17.2 Å². The fourth-order valence-corrected chi connectivity index (χ4v) is 4.20. The van der Waals surface area contributed by atoms with Crippen LogP contribution in [0.3, 0.4) is 0 Å². The first-order valence-corrected chi connectivity index (χ1v) is 10.2. The van der Waals surface area contributed by atoms with Gasteiger partial charge in [0.25, 0.3) is 5.91 Å². The number of para-hydroxylation sites is 1. The summed E-state index contributed by atoms with van der Waals surface area (Å²) in [5, 5.41) is 9.05. The molecule has 29 heavy (non-hydrogen) atoms. The molecule has 0 spiro atoms. The molecule has 1 aliphatic rings. The van der Waals surface area contributed by atoms with Crippen molar-refractivity contribution >= 4 is 5.91 Å². The smallest absolute Gasteiger partial charge is 0.270 e. The maximum absolute atomic E-state index is 12.8. The summed E-state index contributed by atoms with van der Waals surface area (Å²) in [5.74, 6) is 1.39. The molecule has 1 atom stereocenters. The number of rotatable bonds is 7. The number of amides is 1. The van der Waals surface area contributed by atoms with Crippen molar-refractivity contribution in [3.63, 3.8) is 0 Å². The number of carbonyl (C=O) groups is 1. The SMILES string of the molecule is COc1ccccc1CCN1CCC[C@H](CN(C)C(=O)c2cc(C#N)cn2C)C1. The van der Waals surface area contributed by atoms with Crippen molar-refractivity contribution in [2.45, 2.75) is 19.3 Å². The average Bonchev–Trinajstić information content (AvgIpc) is 3.12. The van der Waals surface area contributed by atoms with Gasteiger partial charge in [0.05, 0.1) is 12.7 Å². The van der Waals surface area contributed by atoms with Crippen LogP contribution in [0.2, 0.25) is 0 Å². The van der Waals surface area contributed by atoms with Crippen LogP contribution in [0.4, 0.5) is 0 Å². The molecule has 1 aliphatic heterocycles. The monoisotopic (exact) mass is 394 g/mol. The number of methoxy groups -OCH3 is 1. The lowest BCUT2D eigenvalue weighted by Crippen LogP contribution is -2.42. The van der Waals surface area contributed by atoms with E-state index in [1.165, 1.54) is 5.56 Å². The largest absolute Gasteiger partial charge is 0.496 e. The number of nitrogens with zero attached hydrogens (tertiary/aromatic N) is 4. The summed E-state index contributed by atoms with van der Waals surface area (Å²) in [5.41, 5.74) is 2.32. The van der Waals surface area contributed by atoms with Gasteiger partial charge in [-0.2, -0.15) is 5.26 Å². The summed E-state index contributed by atoms with van der Waals surface area (Å²) in [6, 6.07) is 12.0. The first kappa shape index (κ1) is 20.9. The molecule has 0 unspecified atom stereocenters. The lowest BCUT2D eigenvalue weighted by atomic mass is 9.97. The van der Waals surface area contributed by atoms with E-state index in [-0.39, 0.29) is 5.91 Å². The Labute approximate surface area is 173 Å². The van der Waals surface area contributed by atoms with E-state index >= 15 is 0 Å². The van der Waals surface area contributed by atoms with Crippen LogP contribution in [0.25, 0.3) is 0 Å². The second kappa shape index (κ2) is 9.62. The number of hydrogen-bond donors (Lipinski definition) is 0. The maximum Gasteiger partial charge on any atom is 0.270 e. The van der Waals surface area contributed by atoms with Crippen LogP contribution >= 0.6 is 0 Å². The first-order chi connectivity index (χ1) is 14.0. The molecule has 0 bridgehead atoms. The Morgan fingerprint density at radius 2 is 2.17 bits per heavy atom. The van der Waals surface area contributed by atoms with Crippen LogP contribution in [-0.2, 0) is 13.5 Å². The van der Waals surface area contributed by atoms with Crippen molar-refractivity contribution in [1.29, 1.82) is 5.26 Å². The van der Waals surface area contributed by atoms with Gasteiger partial charge in [-0.15, -0.1) is 0 Å².